The molecule has 39 heavy (non-hydrogen) atoms. The first-order valence-corrected chi connectivity index (χ1v) is 12.8. The molecule has 5 aromatic rings. The number of carbonyl (C=O) groups is 1. The molecule has 0 radical (unpaired) electrons. The van der Waals surface area contributed by atoms with Gasteiger partial charge in [0.1, 0.15) is 5.69 Å². The average molecular weight is 537 g/mol. The number of non-ortho nitro benzene ring substituents is 1. The third-order valence-electron chi connectivity index (χ3n) is 6.38. The van der Waals surface area contributed by atoms with E-state index in [0.29, 0.717) is 41.5 Å². The van der Waals surface area contributed by atoms with Crippen LogP contribution in [0.15, 0.2) is 115 Å². The molecule has 1 aromatic heterocycles. The fraction of sp³-hybridized carbons (Fsp3) is 0.0968. The maximum Gasteiger partial charge on any atom is 0.272 e. The van der Waals surface area contributed by atoms with E-state index < -0.39 is 4.92 Å². The Morgan fingerprint density at radius 1 is 0.846 bits per heavy atom. The van der Waals surface area contributed by atoms with Crippen LogP contribution in [0.5, 0.6) is 0 Å². The molecule has 7 nitrogen and oxygen atoms in total. The van der Waals surface area contributed by atoms with Gasteiger partial charge in [0.2, 0.25) is 0 Å². The van der Waals surface area contributed by atoms with Crippen molar-refractivity contribution in [1.82, 2.24) is 14.7 Å². The van der Waals surface area contributed by atoms with Gasteiger partial charge in [0.25, 0.3) is 11.6 Å². The van der Waals surface area contributed by atoms with Crippen molar-refractivity contribution in [2.24, 2.45) is 0 Å². The number of nitro groups is 1. The molecule has 4 aromatic carbocycles. The number of hydrogen-bond donors (Lipinski definition) is 0. The number of nitro benzene ring substituents is 1. The van der Waals surface area contributed by atoms with Crippen LogP contribution in [0.4, 0.5) is 5.69 Å². The Bertz CT molecular complexity index is 1600. The molecule has 0 aliphatic carbocycles. The molecule has 0 aliphatic heterocycles. The lowest BCUT2D eigenvalue weighted by Gasteiger charge is -2.23. The molecule has 0 spiro atoms. The number of rotatable bonds is 9. The number of benzene rings is 4. The minimum atomic E-state index is -0.467. The van der Waals surface area contributed by atoms with Gasteiger partial charge >= 0.3 is 0 Å². The van der Waals surface area contributed by atoms with Gasteiger partial charge in [-0.25, -0.2) is 4.68 Å². The Kier molecular flexibility index (Phi) is 7.80. The van der Waals surface area contributed by atoms with E-state index in [1.165, 1.54) is 16.8 Å². The minimum Gasteiger partial charge on any atom is -0.333 e. The number of carbonyl (C=O) groups excluding carboxylic acids is 1. The van der Waals surface area contributed by atoms with Gasteiger partial charge in [0.15, 0.2) is 0 Å². The van der Waals surface area contributed by atoms with Crippen molar-refractivity contribution >= 4 is 23.2 Å². The largest absolute Gasteiger partial charge is 0.333 e. The van der Waals surface area contributed by atoms with Crippen LogP contribution >= 0.6 is 11.6 Å². The molecule has 194 valence electrons. The smallest absolute Gasteiger partial charge is 0.272 e. The second-order valence-corrected chi connectivity index (χ2v) is 9.44. The lowest BCUT2D eigenvalue weighted by molar-refractivity contribution is -0.384. The summed E-state index contributed by atoms with van der Waals surface area (Å²) in [6, 6.07) is 34.8. The highest BCUT2D eigenvalue weighted by atomic mass is 35.5. The van der Waals surface area contributed by atoms with E-state index in [2.05, 4.69) is 0 Å². The summed E-state index contributed by atoms with van der Waals surface area (Å²) in [5.41, 5.74) is 3.88. The molecule has 0 fully saturated rings. The molecule has 1 heterocycles. The number of aromatic nitrogens is 2. The van der Waals surface area contributed by atoms with Crippen LogP contribution in [-0.2, 0) is 13.0 Å². The monoisotopic (exact) mass is 536 g/mol. The topological polar surface area (TPSA) is 81.3 Å². The maximum atomic E-state index is 14.2. The van der Waals surface area contributed by atoms with Gasteiger partial charge in [-0.05, 0) is 35.7 Å². The lowest BCUT2D eigenvalue weighted by Crippen LogP contribution is -2.34. The van der Waals surface area contributed by atoms with E-state index in [4.69, 9.17) is 16.7 Å². The molecule has 5 rings (SSSR count). The van der Waals surface area contributed by atoms with Crippen molar-refractivity contribution in [2.45, 2.75) is 13.0 Å². The zero-order chi connectivity index (χ0) is 27.2. The Balaban J connectivity index is 1.58. The second-order valence-electron chi connectivity index (χ2n) is 9.03. The molecule has 8 heteroatoms. The second kappa shape index (κ2) is 11.8. The van der Waals surface area contributed by atoms with Crippen LogP contribution in [0, 0.1) is 10.1 Å². The molecular weight excluding hydrogens is 512 g/mol. The van der Waals surface area contributed by atoms with Gasteiger partial charge in [-0.15, -0.1) is 0 Å². The number of hydrogen-bond acceptors (Lipinski definition) is 4. The number of amides is 1. The Hall–Kier alpha value is -4.75. The first-order chi connectivity index (χ1) is 19.0. The summed E-state index contributed by atoms with van der Waals surface area (Å²) in [5, 5.41) is 16.7. The first-order valence-electron chi connectivity index (χ1n) is 12.5. The van der Waals surface area contributed by atoms with Gasteiger partial charge in [-0.2, -0.15) is 5.10 Å². The summed E-state index contributed by atoms with van der Waals surface area (Å²) in [4.78, 5) is 27.0. The van der Waals surface area contributed by atoms with Crippen molar-refractivity contribution in [2.75, 3.05) is 6.54 Å². The van der Waals surface area contributed by atoms with E-state index in [-0.39, 0.29) is 17.3 Å². The van der Waals surface area contributed by atoms with Gasteiger partial charge in [-0.1, -0.05) is 96.5 Å². The highest BCUT2D eigenvalue weighted by Crippen LogP contribution is 2.29. The molecule has 0 bridgehead atoms. The number of halogens is 1. The first kappa shape index (κ1) is 25.9. The van der Waals surface area contributed by atoms with Crippen molar-refractivity contribution in [3.05, 3.63) is 147 Å². The van der Waals surface area contributed by atoms with E-state index in [9.17, 15) is 14.9 Å². The molecular formula is C31H25ClN4O3. The highest BCUT2D eigenvalue weighted by molar-refractivity contribution is 6.33. The van der Waals surface area contributed by atoms with Crippen molar-refractivity contribution in [3.63, 3.8) is 0 Å². The van der Waals surface area contributed by atoms with Crippen LogP contribution in [0.25, 0.3) is 16.9 Å². The lowest BCUT2D eigenvalue weighted by atomic mass is 10.1. The van der Waals surface area contributed by atoms with Crippen LogP contribution in [-0.4, -0.2) is 32.1 Å². The van der Waals surface area contributed by atoms with Gasteiger partial charge in [0.05, 0.1) is 21.3 Å². The molecule has 1 amide bonds. The Morgan fingerprint density at radius 2 is 1.51 bits per heavy atom. The standard InChI is InChI=1S/C31H25ClN4O3/c32-28-17-8-7-16-27(28)29-21-30(35(33-29)25-14-9-15-26(20-25)36(38)39)31(37)34(22-24-12-5-2-6-13-24)19-18-23-10-3-1-4-11-23/h1-17,20-21H,18-19,22H2. The van der Waals surface area contributed by atoms with Crippen LogP contribution < -0.4 is 0 Å². The fourth-order valence-electron chi connectivity index (χ4n) is 4.40. The number of nitrogens with zero attached hydrogens (tertiary/aromatic N) is 4. The van der Waals surface area contributed by atoms with Gasteiger partial charge in [-0.3, -0.25) is 14.9 Å². The SMILES string of the molecule is O=C(c1cc(-c2ccccc2Cl)nn1-c1cccc([N+](=O)[O-])c1)N(CCc1ccccc1)Cc1ccccc1. The predicted octanol–water partition coefficient (Wildman–Crippen LogP) is 6.99. The van der Waals surface area contributed by atoms with Crippen LogP contribution in [0.2, 0.25) is 5.02 Å². The highest BCUT2D eigenvalue weighted by Gasteiger charge is 2.24. The quantitative estimate of drug-likeness (QED) is 0.150. The Morgan fingerprint density at radius 3 is 2.21 bits per heavy atom. The Labute approximate surface area is 231 Å². The van der Waals surface area contributed by atoms with Crippen molar-refractivity contribution < 1.29 is 9.72 Å². The molecule has 0 aliphatic rings. The molecule has 0 atom stereocenters. The van der Waals surface area contributed by atoms with Gasteiger partial charge in [0, 0.05) is 30.8 Å². The molecule has 0 N–H and O–H groups in total. The summed E-state index contributed by atoms with van der Waals surface area (Å²) in [6.45, 7) is 0.868. The zero-order valence-electron chi connectivity index (χ0n) is 21.0. The summed E-state index contributed by atoms with van der Waals surface area (Å²) >= 11 is 6.47. The summed E-state index contributed by atoms with van der Waals surface area (Å²) in [5.74, 6) is -0.243. The van der Waals surface area contributed by atoms with Gasteiger partial charge < -0.3 is 4.90 Å². The zero-order valence-corrected chi connectivity index (χ0v) is 21.7. The minimum absolute atomic E-state index is 0.0917. The third-order valence-corrected chi connectivity index (χ3v) is 6.71. The summed E-state index contributed by atoms with van der Waals surface area (Å²) < 4.78 is 1.47. The molecule has 0 unspecified atom stereocenters. The summed E-state index contributed by atoms with van der Waals surface area (Å²) in [7, 11) is 0. The average Bonchev–Trinajstić information content (AvgIpc) is 3.41. The normalized spacial score (nSPS) is 10.8. The summed E-state index contributed by atoms with van der Waals surface area (Å²) in [6.07, 6.45) is 0.668. The van der Waals surface area contributed by atoms with E-state index >= 15 is 0 Å². The third kappa shape index (κ3) is 6.05. The van der Waals surface area contributed by atoms with E-state index in [1.54, 1.807) is 29.2 Å². The molecule has 0 saturated heterocycles. The van der Waals surface area contributed by atoms with Crippen molar-refractivity contribution in [1.29, 1.82) is 0 Å². The predicted molar refractivity (Wildman–Crippen MR) is 152 cm³/mol. The maximum absolute atomic E-state index is 14.2. The van der Waals surface area contributed by atoms with Crippen LogP contribution in [0.3, 0.4) is 0 Å². The van der Waals surface area contributed by atoms with E-state index in [0.717, 1.165) is 11.1 Å². The van der Waals surface area contributed by atoms with E-state index in [1.807, 2.05) is 78.9 Å². The fourth-order valence-corrected chi connectivity index (χ4v) is 4.63. The molecule has 0 saturated carbocycles. The van der Waals surface area contributed by atoms with Crippen LogP contribution in [0.1, 0.15) is 21.6 Å². The van der Waals surface area contributed by atoms with Crippen molar-refractivity contribution in [3.8, 4) is 16.9 Å².